The van der Waals surface area contributed by atoms with Crippen LogP contribution in [0.1, 0.15) is 27.2 Å². The molecule has 0 aliphatic rings. The maximum atomic E-state index is 13.0. The van der Waals surface area contributed by atoms with Crippen molar-refractivity contribution >= 4 is 43.1 Å². The topological polar surface area (TPSA) is 126 Å². The van der Waals surface area contributed by atoms with Crippen LogP contribution in [0.5, 0.6) is 0 Å². The molecule has 1 N–H and O–H groups in total. The summed E-state index contributed by atoms with van der Waals surface area (Å²) in [5.41, 5.74) is 2.17. The average Bonchev–Trinajstić information content (AvgIpc) is 2.91. The number of rotatable bonds is 9. The molecule has 0 radical (unpaired) electrons. The first kappa shape index (κ1) is 28.4. The Labute approximate surface area is 232 Å². The van der Waals surface area contributed by atoms with Gasteiger partial charge >= 0.3 is 0 Å². The molecule has 0 unspecified atom stereocenters. The zero-order chi connectivity index (χ0) is 28.2. The predicted molar refractivity (Wildman–Crippen MR) is 149 cm³/mol. The second-order valence-electron chi connectivity index (χ2n) is 8.76. The molecular weight excluding hydrogens is 560 g/mol. The third-order valence-electron chi connectivity index (χ3n) is 5.89. The van der Waals surface area contributed by atoms with Gasteiger partial charge in [0.1, 0.15) is 0 Å². The summed E-state index contributed by atoms with van der Waals surface area (Å²) >= 11 is 6.11. The summed E-state index contributed by atoms with van der Waals surface area (Å²) in [6.07, 6.45) is 1.06. The van der Waals surface area contributed by atoms with E-state index in [0.717, 1.165) is 17.3 Å². The number of carbonyl (C=O) groups excluding carboxylic acids is 1. The Morgan fingerprint density at radius 2 is 1.56 bits per heavy atom. The van der Waals surface area contributed by atoms with Crippen molar-refractivity contribution in [2.24, 2.45) is 0 Å². The fraction of sp³-hybridized carbons (Fsp3) is 0.148. The largest absolute Gasteiger partial charge is 0.321 e. The smallest absolute Gasteiger partial charge is 0.275 e. The van der Waals surface area contributed by atoms with E-state index in [4.69, 9.17) is 11.6 Å². The number of carbonyl (C=O) groups is 1. The van der Waals surface area contributed by atoms with E-state index in [1.54, 1.807) is 31.2 Å². The van der Waals surface area contributed by atoms with Gasteiger partial charge in [0.15, 0.2) is 5.69 Å². The van der Waals surface area contributed by atoms with Crippen LogP contribution in [0.3, 0.4) is 0 Å². The number of aromatic nitrogens is 2. The van der Waals surface area contributed by atoms with Crippen molar-refractivity contribution in [3.05, 3.63) is 112 Å². The van der Waals surface area contributed by atoms with Gasteiger partial charge in [-0.3, -0.25) is 4.79 Å². The molecule has 1 amide bonds. The molecule has 202 valence electrons. The molecule has 9 nitrogen and oxygen atoms in total. The highest BCUT2D eigenvalue weighted by molar-refractivity contribution is 7.90. The second-order valence-corrected chi connectivity index (χ2v) is 13.1. The van der Waals surface area contributed by atoms with E-state index in [1.807, 2.05) is 30.3 Å². The molecule has 12 heteroatoms. The zero-order valence-electron chi connectivity index (χ0n) is 21.1. The van der Waals surface area contributed by atoms with E-state index in [0.29, 0.717) is 5.56 Å². The third-order valence-corrected chi connectivity index (χ3v) is 9.43. The van der Waals surface area contributed by atoms with E-state index < -0.39 is 30.9 Å². The maximum absolute atomic E-state index is 13.0. The molecule has 0 aliphatic carbocycles. The molecule has 1 heterocycles. The number of hydrogen-bond acceptors (Lipinski definition) is 7. The van der Waals surface area contributed by atoms with Gasteiger partial charge in [-0.1, -0.05) is 66.2 Å². The molecule has 4 aromatic rings. The Hall–Kier alpha value is -3.64. The van der Waals surface area contributed by atoms with Gasteiger partial charge in [-0.15, -0.1) is 0 Å². The lowest BCUT2D eigenvalue weighted by atomic mass is 10.1. The summed E-state index contributed by atoms with van der Waals surface area (Å²) in [4.78, 5) is 20.7. The van der Waals surface area contributed by atoms with Crippen LogP contribution in [0.2, 0.25) is 5.02 Å². The van der Waals surface area contributed by atoms with Crippen molar-refractivity contribution in [3.8, 4) is 0 Å². The Bertz CT molecular complexity index is 1710. The van der Waals surface area contributed by atoms with Crippen molar-refractivity contribution in [1.29, 1.82) is 0 Å². The molecule has 3 aromatic carbocycles. The number of nitrogens with one attached hydrogen (secondary N) is 1. The van der Waals surface area contributed by atoms with Crippen molar-refractivity contribution in [2.75, 3.05) is 12.4 Å². The molecule has 0 aliphatic heterocycles. The number of amides is 1. The van der Waals surface area contributed by atoms with E-state index in [9.17, 15) is 21.6 Å². The summed E-state index contributed by atoms with van der Waals surface area (Å²) < 4.78 is 53.0. The SMILES string of the molecule is Cc1ccccc1CS(=O)(=O)c1ncc(Cl)c(C(=O)Nc2ccc(S(=O)(=O)N(C)Cc3ccccc3)cc2)n1. The van der Waals surface area contributed by atoms with E-state index >= 15 is 0 Å². The van der Waals surface area contributed by atoms with Crippen molar-refractivity contribution in [3.63, 3.8) is 0 Å². The summed E-state index contributed by atoms with van der Waals surface area (Å²) in [7, 11) is -6.26. The van der Waals surface area contributed by atoms with Crippen molar-refractivity contribution < 1.29 is 21.6 Å². The Morgan fingerprint density at radius 1 is 0.923 bits per heavy atom. The number of halogens is 1. The lowest BCUT2D eigenvalue weighted by molar-refractivity contribution is 0.102. The molecule has 0 bridgehead atoms. The zero-order valence-corrected chi connectivity index (χ0v) is 23.5. The Morgan fingerprint density at radius 3 is 2.23 bits per heavy atom. The molecule has 0 saturated carbocycles. The minimum Gasteiger partial charge on any atom is -0.321 e. The molecule has 1 aromatic heterocycles. The number of sulfone groups is 1. The van der Waals surface area contributed by atoms with Gasteiger partial charge in [-0.2, -0.15) is 4.31 Å². The first-order valence-corrected chi connectivity index (χ1v) is 15.2. The fourth-order valence-corrected chi connectivity index (χ4v) is 6.35. The number of nitrogens with zero attached hydrogens (tertiary/aromatic N) is 3. The van der Waals surface area contributed by atoms with Gasteiger partial charge in [0.25, 0.3) is 5.91 Å². The normalized spacial score (nSPS) is 11.9. The second kappa shape index (κ2) is 11.6. The summed E-state index contributed by atoms with van der Waals surface area (Å²) in [6.45, 7) is 1.99. The highest BCUT2D eigenvalue weighted by Crippen LogP contribution is 2.22. The molecule has 39 heavy (non-hydrogen) atoms. The van der Waals surface area contributed by atoms with Crippen LogP contribution >= 0.6 is 11.6 Å². The Balaban J connectivity index is 1.50. The fourth-order valence-electron chi connectivity index (χ4n) is 3.71. The first-order valence-electron chi connectivity index (χ1n) is 11.7. The quantitative estimate of drug-likeness (QED) is 0.287. The summed E-state index contributed by atoms with van der Waals surface area (Å²) in [5.74, 6) is -1.11. The minimum absolute atomic E-state index is 0.0450. The standard InChI is InChI=1S/C27H25ClN4O5S2/c1-19-8-6-7-11-21(19)18-38(34,35)27-29-16-24(28)25(31-27)26(33)30-22-12-14-23(15-13-22)39(36,37)32(2)17-20-9-4-3-5-10-20/h3-16H,17-18H2,1-2H3,(H,30,33). The predicted octanol–water partition coefficient (Wildman–Crippen LogP) is 4.49. The van der Waals surface area contributed by atoms with Crippen LogP contribution in [-0.4, -0.2) is 44.1 Å². The molecule has 0 fully saturated rings. The summed E-state index contributed by atoms with van der Waals surface area (Å²) in [6, 6.07) is 21.8. The summed E-state index contributed by atoms with van der Waals surface area (Å²) in [5, 5.41) is 1.91. The number of sulfonamides is 1. The maximum Gasteiger partial charge on any atom is 0.275 e. The van der Waals surface area contributed by atoms with Gasteiger partial charge in [0.05, 0.1) is 21.9 Å². The Kier molecular flexibility index (Phi) is 8.45. The van der Waals surface area contributed by atoms with Gasteiger partial charge in [-0.05, 0) is 47.9 Å². The number of hydrogen-bond donors (Lipinski definition) is 1. The molecular formula is C27H25ClN4O5S2. The van der Waals surface area contributed by atoms with Crippen LogP contribution in [-0.2, 0) is 32.2 Å². The van der Waals surface area contributed by atoms with Crippen molar-refractivity contribution in [2.45, 2.75) is 29.3 Å². The van der Waals surface area contributed by atoms with E-state index in [1.165, 1.54) is 35.6 Å². The molecule has 0 atom stereocenters. The monoisotopic (exact) mass is 584 g/mol. The highest BCUT2D eigenvalue weighted by Gasteiger charge is 2.24. The van der Waals surface area contributed by atoms with E-state index in [-0.39, 0.29) is 33.6 Å². The van der Waals surface area contributed by atoms with Gasteiger partial charge < -0.3 is 5.32 Å². The van der Waals surface area contributed by atoms with Crippen molar-refractivity contribution in [1.82, 2.24) is 14.3 Å². The molecule has 0 spiro atoms. The number of benzene rings is 3. The van der Waals surface area contributed by atoms with Crippen LogP contribution in [0.15, 0.2) is 95.1 Å². The highest BCUT2D eigenvalue weighted by atomic mass is 35.5. The van der Waals surface area contributed by atoms with Crippen LogP contribution in [0.25, 0.3) is 0 Å². The van der Waals surface area contributed by atoms with Crippen LogP contribution in [0, 0.1) is 6.92 Å². The van der Waals surface area contributed by atoms with E-state index in [2.05, 4.69) is 15.3 Å². The van der Waals surface area contributed by atoms with Gasteiger partial charge in [-0.25, -0.2) is 26.8 Å². The molecule has 0 saturated heterocycles. The average molecular weight is 585 g/mol. The van der Waals surface area contributed by atoms with Gasteiger partial charge in [0, 0.05) is 19.3 Å². The lowest BCUT2D eigenvalue weighted by Crippen LogP contribution is -2.26. The number of aryl methyl sites for hydroxylation is 1. The lowest BCUT2D eigenvalue weighted by Gasteiger charge is -2.17. The minimum atomic E-state index is -3.97. The van der Waals surface area contributed by atoms with Crippen LogP contribution in [0.4, 0.5) is 5.69 Å². The van der Waals surface area contributed by atoms with Gasteiger partial charge in [0.2, 0.25) is 25.0 Å². The third kappa shape index (κ3) is 6.69. The molecule has 4 rings (SSSR count). The van der Waals surface area contributed by atoms with Crippen LogP contribution < -0.4 is 5.32 Å². The first-order chi connectivity index (χ1) is 18.5. The number of anilines is 1.